The molecular formula is C13H18N2O5S. The third kappa shape index (κ3) is 4.69. The Hall–Kier alpha value is -1.64. The lowest BCUT2D eigenvalue weighted by Gasteiger charge is -2.36. The van der Waals surface area contributed by atoms with Gasteiger partial charge in [-0.3, -0.25) is 9.45 Å². The number of aromatic carboxylic acids is 1. The maximum atomic E-state index is 11.0. The van der Waals surface area contributed by atoms with Gasteiger partial charge in [-0.25, -0.2) is 4.79 Å². The Morgan fingerprint density at radius 1 is 1.19 bits per heavy atom. The molecule has 0 saturated carbocycles. The SMILES string of the molecule is O=C(O)c1cccc(N2CCN(CCS(=O)(=O)O)CC2)c1. The standard InChI is InChI=1S/C13H18N2O5S/c16-13(17)11-2-1-3-12(10-11)15-6-4-14(5-7-15)8-9-21(18,19)20/h1-3,10H,4-9H2,(H,16,17)(H,18,19,20). The van der Waals surface area contributed by atoms with Crippen LogP contribution in [0, 0.1) is 0 Å². The van der Waals surface area contributed by atoms with E-state index >= 15 is 0 Å². The number of anilines is 1. The molecule has 1 aromatic rings. The van der Waals surface area contributed by atoms with Gasteiger partial charge in [-0.15, -0.1) is 0 Å². The van der Waals surface area contributed by atoms with E-state index in [0.717, 1.165) is 5.69 Å². The Balaban J connectivity index is 1.92. The molecule has 0 aromatic heterocycles. The summed E-state index contributed by atoms with van der Waals surface area (Å²) >= 11 is 0. The van der Waals surface area contributed by atoms with Gasteiger partial charge in [-0.1, -0.05) is 6.07 Å². The maximum absolute atomic E-state index is 11.0. The number of carboxylic acids is 1. The third-order valence-corrected chi connectivity index (χ3v) is 4.19. The van der Waals surface area contributed by atoms with Crippen LogP contribution >= 0.6 is 0 Å². The fraction of sp³-hybridized carbons (Fsp3) is 0.462. The zero-order chi connectivity index (χ0) is 15.5. The van der Waals surface area contributed by atoms with Gasteiger partial charge in [0.1, 0.15) is 0 Å². The summed E-state index contributed by atoms with van der Waals surface area (Å²) in [6.45, 7) is 3.03. The minimum absolute atomic E-state index is 0.251. The molecule has 0 unspecified atom stereocenters. The molecule has 0 radical (unpaired) electrons. The van der Waals surface area contributed by atoms with E-state index in [-0.39, 0.29) is 11.3 Å². The average Bonchev–Trinajstić information content (AvgIpc) is 2.45. The van der Waals surface area contributed by atoms with Gasteiger partial charge in [-0.2, -0.15) is 8.42 Å². The maximum Gasteiger partial charge on any atom is 0.335 e. The third-order valence-electron chi connectivity index (χ3n) is 3.50. The van der Waals surface area contributed by atoms with Gasteiger partial charge in [0.25, 0.3) is 10.1 Å². The Morgan fingerprint density at radius 2 is 1.86 bits per heavy atom. The molecule has 2 rings (SSSR count). The van der Waals surface area contributed by atoms with Crippen molar-refractivity contribution >= 4 is 21.8 Å². The summed E-state index contributed by atoms with van der Waals surface area (Å²) in [5.41, 5.74) is 1.10. The summed E-state index contributed by atoms with van der Waals surface area (Å²) in [6, 6.07) is 6.76. The number of hydrogen-bond acceptors (Lipinski definition) is 5. The van der Waals surface area contributed by atoms with E-state index in [1.54, 1.807) is 18.2 Å². The van der Waals surface area contributed by atoms with Crippen molar-refractivity contribution in [3.8, 4) is 0 Å². The van der Waals surface area contributed by atoms with Crippen LogP contribution in [0.4, 0.5) is 5.69 Å². The number of hydrogen-bond donors (Lipinski definition) is 2. The first-order chi connectivity index (χ1) is 9.85. The van der Waals surface area contributed by atoms with E-state index in [2.05, 4.69) is 4.90 Å². The van der Waals surface area contributed by atoms with Crippen LogP contribution in [0.1, 0.15) is 10.4 Å². The number of carbonyl (C=O) groups is 1. The van der Waals surface area contributed by atoms with Crippen LogP contribution in [0.15, 0.2) is 24.3 Å². The largest absolute Gasteiger partial charge is 0.478 e. The summed E-state index contributed by atoms with van der Waals surface area (Å²) in [6.07, 6.45) is 0. The predicted octanol–water partition coefficient (Wildman–Crippen LogP) is 0.395. The lowest BCUT2D eigenvalue weighted by molar-refractivity contribution is 0.0697. The lowest BCUT2D eigenvalue weighted by atomic mass is 10.1. The molecule has 8 heteroatoms. The number of nitrogens with zero attached hydrogens (tertiary/aromatic N) is 2. The van der Waals surface area contributed by atoms with Crippen LogP contribution in [0.3, 0.4) is 0 Å². The minimum Gasteiger partial charge on any atom is -0.478 e. The Labute approximate surface area is 123 Å². The molecule has 0 bridgehead atoms. The summed E-state index contributed by atoms with van der Waals surface area (Å²) < 4.78 is 30.2. The van der Waals surface area contributed by atoms with Crippen molar-refractivity contribution < 1.29 is 22.9 Å². The second kappa shape index (κ2) is 6.42. The van der Waals surface area contributed by atoms with Crippen LogP contribution in [-0.2, 0) is 10.1 Å². The zero-order valence-electron chi connectivity index (χ0n) is 11.5. The van der Waals surface area contributed by atoms with Crippen molar-refractivity contribution in [1.82, 2.24) is 4.90 Å². The average molecular weight is 314 g/mol. The summed E-state index contributed by atoms with van der Waals surface area (Å²) in [7, 11) is -3.92. The molecule has 0 atom stereocenters. The molecule has 0 amide bonds. The van der Waals surface area contributed by atoms with E-state index in [0.29, 0.717) is 32.7 Å². The molecule has 1 aromatic carbocycles. The van der Waals surface area contributed by atoms with Crippen LogP contribution in [0.5, 0.6) is 0 Å². The van der Waals surface area contributed by atoms with Crippen molar-refractivity contribution in [2.45, 2.75) is 0 Å². The molecule has 1 saturated heterocycles. The summed E-state index contributed by atoms with van der Waals surface area (Å²) in [5.74, 6) is -1.22. The van der Waals surface area contributed by atoms with Crippen LogP contribution in [-0.4, -0.2) is 67.4 Å². The Kier molecular flexibility index (Phi) is 4.81. The van der Waals surface area contributed by atoms with E-state index in [1.165, 1.54) is 0 Å². The second-order valence-electron chi connectivity index (χ2n) is 4.97. The molecule has 1 fully saturated rings. The monoisotopic (exact) mass is 314 g/mol. The highest BCUT2D eigenvalue weighted by atomic mass is 32.2. The number of benzene rings is 1. The zero-order valence-corrected chi connectivity index (χ0v) is 12.3. The fourth-order valence-corrected chi connectivity index (χ4v) is 2.80. The fourth-order valence-electron chi connectivity index (χ4n) is 2.31. The van der Waals surface area contributed by atoms with Crippen molar-refractivity contribution in [3.05, 3.63) is 29.8 Å². The smallest absolute Gasteiger partial charge is 0.335 e. The topological polar surface area (TPSA) is 98.2 Å². The first kappa shape index (κ1) is 15.7. The highest BCUT2D eigenvalue weighted by molar-refractivity contribution is 7.85. The van der Waals surface area contributed by atoms with Gasteiger partial charge in [0.05, 0.1) is 11.3 Å². The summed E-state index contributed by atoms with van der Waals surface area (Å²) in [5, 5.41) is 8.99. The molecular weight excluding hydrogens is 296 g/mol. The molecule has 0 aliphatic carbocycles. The highest BCUT2D eigenvalue weighted by Gasteiger charge is 2.19. The summed E-state index contributed by atoms with van der Waals surface area (Å²) in [4.78, 5) is 15.0. The predicted molar refractivity (Wildman–Crippen MR) is 78.5 cm³/mol. The van der Waals surface area contributed by atoms with Crippen molar-refractivity contribution in [1.29, 1.82) is 0 Å². The van der Waals surface area contributed by atoms with Gasteiger partial charge in [0, 0.05) is 38.4 Å². The van der Waals surface area contributed by atoms with Gasteiger partial charge >= 0.3 is 5.97 Å². The number of carboxylic acid groups (broad SMARTS) is 1. The van der Waals surface area contributed by atoms with Crippen molar-refractivity contribution in [2.24, 2.45) is 0 Å². The minimum atomic E-state index is -3.92. The molecule has 1 aliphatic heterocycles. The Bertz CT molecular complexity index is 609. The molecule has 2 N–H and O–H groups in total. The molecule has 0 spiro atoms. The van der Waals surface area contributed by atoms with Crippen molar-refractivity contribution in [2.75, 3.05) is 43.4 Å². The van der Waals surface area contributed by atoms with Gasteiger partial charge in [0.15, 0.2) is 0 Å². The van der Waals surface area contributed by atoms with E-state index < -0.39 is 16.1 Å². The molecule has 1 heterocycles. The van der Waals surface area contributed by atoms with Gasteiger partial charge in [0.2, 0.25) is 0 Å². The van der Waals surface area contributed by atoms with Crippen LogP contribution < -0.4 is 4.90 Å². The highest BCUT2D eigenvalue weighted by Crippen LogP contribution is 2.18. The first-order valence-corrected chi connectivity index (χ1v) is 8.22. The van der Waals surface area contributed by atoms with Crippen LogP contribution in [0.25, 0.3) is 0 Å². The van der Waals surface area contributed by atoms with Crippen molar-refractivity contribution in [3.63, 3.8) is 0 Å². The molecule has 1 aliphatic rings. The van der Waals surface area contributed by atoms with E-state index in [4.69, 9.17) is 9.66 Å². The number of rotatable bonds is 5. The van der Waals surface area contributed by atoms with E-state index in [1.807, 2.05) is 11.0 Å². The molecule has 21 heavy (non-hydrogen) atoms. The van der Waals surface area contributed by atoms with Gasteiger partial charge in [-0.05, 0) is 18.2 Å². The molecule has 116 valence electrons. The van der Waals surface area contributed by atoms with E-state index in [9.17, 15) is 13.2 Å². The van der Waals surface area contributed by atoms with Crippen LogP contribution in [0.2, 0.25) is 0 Å². The number of piperazine rings is 1. The lowest BCUT2D eigenvalue weighted by Crippen LogP contribution is -2.47. The first-order valence-electron chi connectivity index (χ1n) is 6.61. The quantitative estimate of drug-likeness (QED) is 0.759. The Morgan fingerprint density at radius 3 is 2.43 bits per heavy atom. The van der Waals surface area contributed by atoms with Gasteiger partial charge < -0.3 is 10.0 Å². The second-order valence-corrected chi connectivity index (χ2v) is 6.54. The normalized spacial score (nSPS) is 16.9. The molecule has 7 nitrogen and oxygen atoms in total.